The zero-order valence-electron chi connectivity index (χ0n) is 9.65. The van der Waals surface area contributed by atoms with Gasteiger partial charge in [-0.1, -0.05) is 12.1 Å². The number of halogens is 1. The van der Waals surface area contributed by atoms with Gasteiger partial charge in [0.1, 0.15) is 0 Å². The Labute approximate surface area is 106 Å². The molecule has 7 heteroatoms. The average molecular weight is 262 g/mol. The molecule has 2 amide bonds. The van der Waals surface area contributed by atoms with Crippen molar-refractivity contribution in [1.29, 1.82) is 0 Å². The summed E-state index contributed by atoms with van der Waals surface area (Å²) in [6.45, 7) is 0.309. The summed E-state index contributed by atoms with van der Waals surface area (Å²) in [5, 5.41) is 2.56. The highest BCUT2D eigenvalue weighted by molar-refractivity contribution is 5.85. The van der Waals surface area contributed by atoms with Gasteiger partial charge in [0.05, 0.1) is 14.2 Å². The summed E-state index contributed by atoms with van der Waals surface area (Å²) in [4.78, 5) is 10.9. The molecule has 0 atom stereocenters. The molecule has 6 nitrogen and oxygen atoms in total. The molecule has 0 bridgehead atoms. The van der Waals surface area contributed by atoms with E-state index in [1.165, 1.54) is 0 Å². The first-order chi connectivity index (χ1) is 7.72. The van der Waals surface area contributed by atoms with E-state index in [-0.39, 0.29) is 12.4 Å². The van der Waals surface area contributed by atoms with E-state index in [9.17, 15) is 4.79 Å². The standard InChI is InChI=1S/C10H15N3O3.ClH/c1-15-8-5-3-4-7(9(8)16-2)6-12-10(14)13-11;/h3-5H,6,11H2,1-2H3,(H2,12,13,14);1H. The van der Waals surface area contributed by atoms with Crippen molar-refractivity contribution in [1.82, 2.24) is 10.7 Å². The highest BCUT2D eigenvalue weighted by Gasteiger charge is 2.09. The lowest BCUT2D eigenvalue weighted by molar-refractivity contribution is 0.240. The molecule has 0 spiro atoms. The van der Waals surface area contributed by atoms with Crippen molar-refractivity contribution < 1.29 is 14.3 Å². The van der Waals surface area contributed by atoms with E-state index in [4.69, 9.17) is 15.3 Å². The Morgan fingerprint density at radius 3 is 2.59 bits per heavy atom. The molecule has 0 saturated carbocycles. The predicted octanol–water partition coefficient (Wildman–Crippen LogP) is 0.798. The quantitative estimate of drug-likeness (QED) is 0.425. The summed E-state index contributed by atoms with van der Waals surface area (Å²) < 4.78 is 10.3. The van der Waals surface area contributed by atoms with Gasteiger partial charge in [-0.25, -0.2) is 10.6 Å². The molecule has 1 aromatic carbocycles. The molecule has 0 aliphatic heterocycles. The molecule has 0 saturated heterocycles. The molecule has 17 heavy (non-hydrogen) atoms. The summed E-state index contributed by atoms with van der Waals surface area (Å²) in [5.41, 5.74) is 2.79. The van der Waals surface area contributed by atoms with Crippen molar-refractivity contribution >= 4 is 18.4 Å². The first-order valence-corrected chi connectivity index (χ1v) is 4.67. The van der Waals surface area contributed by atoms with Gasteiger partial charge >= 0.3 is 6.03 Å². The summed E-state index contributed by atoms with van der Waals surface area (Å²) >= 11 is 0. The number of rotatable bonds is 4. The average Bonchev–Trinajstić information content (AvgIpc) is 2.34. The first kappa shape index (κ1) is 15.3. The van der Waals surface area contributed by atoms with Gasteiger partial charge in [-0.3, -0.25) is 5.43 Å². The first-order valence-electron chi connectivity index (χ1n) is 4.67. The van der Waals surface area contributed by atoms with Crippen LogP contribution in [0.5, 0.6) is 11.5 Å². The second-order valence-corrected chi connectivity index (χ2v) is 2.98. The van der Waals surface area contributed by atoms with Crippen LogP contribution in [0.3, 0.4) is 0 Å². The van der Waals surface area contributed by atoms with Gasteiger partial charge in [-0.2, -0.15) is 0 Å². The number of hydrogen-bond donors (Lipinski definition) is 3. The minimum absolute atomic E-state index is 0. The number of hydrazine groups is 1. The van der Waals surface area contributed by atoms with E-state index in [2.05, 4.69) is 5.32 Å². The zero-order chi connectivity index (χ0) is 12.0. The molecule has 1 aromatic rings. The molecule has 1 rings (SSSR count). The molecule has 0 aromatic heterocycles. The van der Waals surface area contributed by atoms with Crippen molar-refractivity contribution in [2.45, 2.75) is 6.54 Å². The smallest absolute Gasteiger partial charge is 0.329 e. The van der Waals surface area contributed by atoms with Crippen molar-refractivity contribution in [2.75, 3.05) is 14.2 Å². The molecule has 0 fully saturated rings. The van der Waals surface area contributed by atoms with Crippen LogP contribution in [0, 0.1) is 0 Å². The van der Waals surface area contributed by atoms with Crippen LogP contribution in [0.25, 0.3) is 0 Å². The lowest BCUT2D eigenvalue weighted by Crippen LogP contribution is -2.39. The minimum atomic E-state index is -0.454. The topological polar surface area (TPSA) is 85.6 Å². The monoisotopic (exact) mass is 261 g/mol. The van der Waals surface area contributed by atoms with Crippen LogP contribution in [-0.4, -0.2) is 20.3 Å². The number of nitrogens with one attached hydrogen (secondary N) is 2. The van der Waals surface area contributed by atoms with E-state index < -0.39 is 6.03 Å². The number of hydrogen-bond acceptors (Lipinski definition) is 4. The SMILES string of the molecule is COc1cccc(CNC(=O)NN)c1OC.Cl. The predicted molar refractivity (Wildman–Crippen MR) is 66.4 cm³/mol. The summed E-state index contributed by atoms with van der Waals surface area (Å²) in [5.74, 6) is 6.16. The van der Waals surface area contributed by atoms with E-state index in [0.29, 0.717) is 18.0 Å². The highest BCUT2D eigenvalue weighted by atomic mass is 35.5. The molecule has 0 aliphatic rings. The number of carbonyl (C=O) groups excluding carboxylic acids is 1. The molecule has 0 heterocycles. The van der Waals surface area contributed by atoms with E-state index in [1.807, 2.05) is 17.6 Å². The summed E-state index contributed by atoms with van der Waals surface area (Å²) in [6.07, 6.45) is 0. The van der Waals surface area contributed by atoms with Crippen molar-refractivity contribution in [3.05, 3.63) is 23.8 Å². The Balaban J connectivity index is 0.00000256. The van der Waals surface area contributed by atoms with Crippen LogP contribution in [0.2, 0.25) is 0 Å². The fourth-order valence-corrected chi connectivity index (χ4v) is 1.32. The second-order valence-electron chi connectivity index (χ2n) is 2.98. The molecular weight excluding hydrogens is 246 g/mol. The van der Waals surface area contributed by atoms with Crippen molar-refractivity contribution in [3.63, 3.8) is 0 Å². The number of para-hydroxylation sites is 1. The van der Waals surface area contributed by atoms with Gasteiger partial charge in [0.25, 0.3) is 0 Å². The normalized spacial score (nSPS) is 8.88. The van der Waals surface area contributed by atoms with Gasteiger partial charge in [0.2, 0.25) is 0 Å². The second kappa shape index (κ2) is 7.59. The number of carbonyl (C=O) groups is 1. The highest BCUT2D eigenvalue weighted by Crippen LogP contribution is 2.30. The fraction of sp³-hybridized carbons (Fsp3) is 0.300. The lowest BCUT2D eigenvalue weighted by atomic mass is 10.2. The van der Waals surface area contributed by atoms with Crippen LogP contribution in [0.1, 0.15) is 5.56 Å². The molecule has 0 unspecified atom stereocenters. The molecule has 0 radical (unpaired) electrons. The van der Waals surface area contributed by atoms with Crippen molar-refractivity contribution in [3.8, 4) is 11.5 Å². The Bertz CT molecular complexity index is 374. The minimum Gasteiger partial charge on any atom is -0.493 e. The molecule has 96 valence electrons. The maximum atomic E-state index is 10.9. The molecule has 4 N–H and O–H groups in total. The van der Waals surface area contributed by atoms with E-state index in [1.54, 1.807) is 20.3 Å². The number of ether oxygens (including phenoxy) is 2. The number of urea groups is 1. The third kappa shape index (κ3) is 4.01. The maximum absolute atomic E-state index is 10.9. The Morgan fingerprint density at radius 2 is 2.06 bits per heavy atom. The number of nitrogens with two attached hydrogens (primary N) is 1. The van der Waals surface area contributed by atoms with Crippen molar-refractivity contribution in [2.24, 2.45) is 5.84 Å². The van der Waals surface area contributed by atoms with Gasteiger partial charge in [0, 0.05) is 12.1 Å². The van der Waals surface area contributed by atoms with Gasteiger partial charge in [-0.05, 0) is 6.07 Å². The maximum Gasteiger partial charge on any atom is 0.329 e. The zero-order valence-corrected chi connectivity index (χ0v) is 10.5. The Morgan fingerprint density at radius 1 is 1.35 bits per heavy atom. The third-order valence-corrected chi connectivity index (χ3v) is 2.05. The van der Waals surface area contributed by atoms with Gasteiger partial charge in [-0.15, -0.1) is 12.4 Å². The van der Waals surface area contributed by atoms with Gasteiger partial charge < -0.3 is 14.8 Å². The third-order valence-electron chi connectivity index (χ3n) is 2.05. The Hall–Kier alpha value is -1.66. The lowest BCUT2D eigenvalue weighted by Gasteiger charge is -2.12. The Kier molecular flexibility index (Phi) is 6.85. The largest absolute Gasteiger partial charge is 0.493 e. The summed E-state index contributed by atoms with van der Waals surface area (Å²) in [6, 6.07) is 4.98. The van der Waals surface area contributed by atoms with Gasteiger partial charge in [0.15, 0.2) is 11.5 Å². The molecular formula is C10H16ClN3O3. The molecule has 0 aliphatic carbocycles. The van der Waals surface area contributed by atoms with E-state index in [0.717, 1.165) is 5.56 Å². The number of benzene rings is 1. The van der Waals surface area contributed by atoms with Crippen LogP contribution in [0.15, 0.2) is 18.2 Å². The van der Waals surface area contributed by atoms with Crippen LogP contribution < -0.4 is 26.1 Å². The van der Waals surface area contributed by atoms with E-state index >= 15 is 0 Å². The van der Waals surface area contributed by atoms with Crippen LogP contribution >= 0.6 is 12.4 Å². The fourth-order valence-electron chi connectivity index (χ4n) is 1.32. The number of amides is 2. The van der Waals surface area contributed by atoms with Crippen LogP contribution in [-0.2, 0) is 6.54 Å². The summed E-state index contributed by atoms with van der Waals surface area (Å²) in [7, 11) is 3.10. The van der Waals surface area contributed by atoms with Crippen LogP contribution in [0.4, 0.5) is 4.79 Å². The number of methoxy groups -OCH3 is 2.